The van der Waals surface area contributed by atoms with Crippen LogP contribution in [0.4, 0.5) is 14.9 Å². The van der Waals surface area contributed by atoms with Crippen molar-refractivity contribution in [3.05, 3.63) is 29.6 Å². The van der Waals surface area contributed by atoms with E-state index in [0.717, 1.165) is 0 Å². The van der Waals surface area contributed by atoms with Crippen LogP contribution in [0.15, 0.2) is 18.2 Å². The molecule has 7 heteroatoms. The van der Waals surface area contributed by atoms with Crippen molar-refractivity contribution in [3.63, 3.8) is 0 Å². The minimum absolute atomic E-state index is 0.0119. The van der Waals surface area contributed by atoms with Crippen LogP contribution in [-0.2, 0) is 9.59 Å². The van der Waals surface area contributed by atoms with E-state index in [1.54, 1.807) is 0 Å². The van der Waals surface area contributed by atoms with E-state index in [9.17, 15) is 18.8 Å². The van der Waals surface area contributed by atoms with Crippen LogP contribution >= 0.6 is 0 Å². The number of carbonyl (C=O) groups is 3. The van der Waals surface area contributed by atoms with Gasteiger partial charge < -0.3 is 10.4 Å². The van der Waals surface area contributed by atoms with Crippen molar-refractivity contribution < 1.29 is 23.9 Å². The summed E-state index contributed by atoms with van der Waals surface area (Å²) < 4.78 is 13.3. The third-order valence-corrected chi connectivity index (χ3v) is 2.81. The van der Waals surface area contributed by atoms with E-state index in [0.29, 0.717) is 12.8 Å². The second-order valence-electron chi connectivity index (χ2n) is 4.52. The summed E-state index contributed by atoms with van der Waals surface area (Å²) in [4.78, 5) is 33.3. The average molecular weight is 296 g/mol. The zero-order valence-corrected chi connectivity index (χ0v) is 11.6. The third-order valence-electron chi connectivity index (χ3n) is 2.81. The number of carboxylic acids is 1. The quantitative estimate of drug-likeness (QED) is 0.702. The number of unbranched alkanes of at least 4 members (excludes halogenated alkanes) is 1. The zero-order valence-electron chi connectivity index (χ0n) is 11.6. The molecule has 114 valence electrons. The summed E-state index contributed by atoms with van der Waals surface area (Å²) >= 11 is 0. The molecule has 0 heterocycles. The van der Waals surface area contributed by atoms with Crippen LogP contribution in [0, 0.1) is 12.7 Å². The van der Waals surface area contributed by atoms with Gasteiger partial charge in [-0.3, -0.25) is 14.9 Å². The minimum Gasteiger partial charge on any atom is -0.481 e. The monoisotopic (exact) mass is 296 g/mol. The van der Waals surface area contributed by atoms with Crippen molar-refractivity contribution in [1.29, 1.82) is 0 Å². The number of benzene rings is 1. The number of rotatable bonds is 6. The predicted octanol–water partition coefficient (Wildman–Crippen LogP) is 2.43. The van der Waals surface area contributed by atoms with Gasteiger partial charge in [-0.05, 0) is 31.9 Å². The Kier molecular flexibility index (Phi) is 6.32. The fourth-order valence-corrected chi connectivity index (χ4v) is 1.65. The average Bonchev–Trinajstić information content (AvgIpc) is 2.40. The van der Waals surface area contributed by atoms with Crippen LogP contribution in [0.1, 0.15) is 31.2 Å². The normalized spacial score (nSPS) is 10.0. The minimum atomic E-state index is -0.922. The molecular formula is C14H17FN2O4. The summed E-state index contributed by atoms with van der Waals surface area (Å²) in [5, 5.41) is 12.9. The molecule has 21 heavy (non-hydrogen) atoms. The lowest BCUT2D eigenvalue weighted by Crippen LogP contribution is -2.34. The number of halogens is 1. The van der Waals surface area contributed by atoms with Gasteiger partial charge in [-0.2, -0.15) is 0 Å². The molecule has 0 aliphatic heterocycles. The Hall–Kier alpha value is -2.44. The first-order chi connectivity index (χ1) is 9.90. The van der Waals surface area contributed by atoms with Gasteiger partial charge in [0.25, 0.3) is 0 Å². The number of carbonyl (C=O) groups excluding carboxylic acids is 2. The summed E-state index contributed by atoms with van der Waals surface area (Å²) in [5.41, 5.74) is 0.563. The van der Waals surface area contributed by atoms with Crippen LogP contribution < -0.4 is 10.6 Å². The Morgan fingerprint density at radius 1 is 1.19 bits per heavy atom. The van der Waals surface area contributed by atoms with Gasteiger partial charge in [0, 0.05) is 24.1 Å². The van der Waals surface area contributed by atoms with Gasteiger partial charge >= 0.3 is 12.0 Å². The van der Waals surface area contributed by atoms with E-state index < -0.39 is 23.7 Å². The topological polar surface area (TPSA) is 95.5 Å². The number of nitrogens with one attached hydrogen (secondary N) is 2. The first-order valence-corrected chi connectivity index (χ1v) is 6.48. The number of aliphatic carboxylic acids is 1. The van der Waals surface area contributed by atoms with Gasteiger partial charge in [0.15, 0.2) is 0 Å². The summed E-state index contributed by atoms with van der Waals surface area (Å²) in [7, 11) is 0. The molecule has 0 saturated carbocycles. The molecule has 0 spiro atoms. The highest BCUT2D eigenvalue weighted by atomic mass is 19.1. The fourth-order valence-electron chi connectivity index (χ4n) is 1.65. The SMILES string of the molecule is Cc1c(F)cccc1NC(=O)NC(=O)CCCCC(=O)O. The number of urea groups is 1. The lowest BCUT2D eigenvalue weighted by Gasteiger charge is -2.09. The van der Waals surface area contributed by atoms with E-state index in [-0.39, 0.29) is 24.1 Å². The lowest BCUT2D eigenvalue weighted by molar-refractivity contribution is -0.137. The molecule has 0 aliphatic rings. The van der Waals surface area contributed by atoms with Crippen molar-refractivity contribution >= 4 is 23.6 Å². The second kappa shape index (κ2) is 7.98. The Labute approximate surface area is 121 Å². The van der Waals surface area contributed by atoms with Crippen LogP contribution in [0.5, 0.6) is 0 Å². The number of hydrogen-bond donors (Lipinski definition) is 3. The van der Waals surface area contributed by atoms with Gasteiger partial charge in [0.2, 0.25) is 5.91 Å². The molecular weight excluding hydrogens is 279 g/mol. The molecule has 0 saturated heterocycles. The smallest absolute Gasteiger partial charge is 0.325 e. The molecule has 0 unspecified atom stereocenters. The van der Waals surface area contributed by atoms with E-state index in [1.165, 1.54) is 25.1 Å². The molecule has 0 radical (unpaired) electrons. The Bertz CT molecular complexity index is 546. The Morgan fingerprint density at radius 3 is 2.52 bits per heavy atom. The number of hydrogen-bond acceptors (Lipinski definition) is 3. The highest BCUT2D eigenvalue weighted by Gasteiger charge is 2.10. The van der Waals surface area contributed by atoms with Gasteiger partial charge in [-0.15, -0.1) is 0 Å². The highest BCUT2D eigenvalue weighted by Crippen LogP contribution is 2.17. The summed E-state index contributed by atoms with van der Waals surface area (Å²) in [6, 6.07) is 3.50. The second-order valence-corrected chi connectivity index (χ2v) is 4.52. The number of anilines is 1. The van der Waals surface area contributed by atoms with Gasteiger partial charge in [0.1, 0.15) is 5.82 Å². The third kappa shape index (κ3) is 6.03. The van der Waals surface area contributed by atoms with E-state index >= 15 is 0 Å². The van der Waals surface area contributed by atoms with Crippen molar-refractivity contribution in [3.8, 4) is 0 Å². The van der Waals surface area contributed by atoms with Crippen LogP contribution in [-0.4, -0.2) is 23.0 Å². The molecule has 3 amide bonds. The molecule has 1 rings (SSSR count). The zero-order chi connectivity index (χ0) is 15.8. The van der Waals surface area contributed by atoms with Crippen LogP contribution in [0.2, 0.25) is 0 Å². The summed E-state index contributed by atoms with van der Waals surface area (Å²) in [6.07, 6.45) is 0.794. The van der Waals surface area contributed by atoms with E-state index in [4.69, 9.17) is 5.11 Å². The fraction of sp³-hybridized carbons (Fsp3) is 0.357. The molecule has 1 aromatic rings. The maximum atomic E-state index is 13.3. The molecule has 0 atom stereocenters. The van der Waals surface area contributed by atoms with Crippen LogP contribution in [0.3, 0.4) is 0 Å². The largest absolute Gasteiger partial charge is 0.481 e. The Morgan fingerprint density at radius 2 is 1.86 bits per heavy atom. The Balaban J connectivity index is 2.38. The van der Waals surface area contributed by atoms with E-state index in [2.05, 4.69) is 10.6 Å². The summed E-state index contributed by atoms with van der Waals surface area (Å²) in [5.74, 6) is -1.88. The first kappa shape index (κ1) is 16.6. The lowest BCUT2D eigenvalue weighted by atomic mass is 10.2. The first-order valence-electron chi connectivity index (χ1n) is 6.48. The highest BCUT2D eigenvalue weighted by molar-refractivity contribution is 6.01. The molecule has 6 nitrogen and oxygen atoms in total. The maximum absolute atomic E-state index is 13.3. The van der Waals surface area contributed by atoms with Crippen molar-refractivity contribution in [2.75, 3.05) is 5.32 Å². The standard InChI is InChI=1S/C14H17FN2O4/c1-9-10(15)5-4-6-11(9)16-14(21)17-12(18)7-2-3-8-13(19)20/h4-6H,2-3,7-8H2,1H3,(H,19,20)(H2,16,17,18,21). The number of amides is 3. The molecule has 1 aromatic carbocycles. The summed E-state index contributed by atoms with van der Waals surface area (Å²) in [6.45, 7) is 1.51. The molecule has 0 bridgehead atoms. The van der Waals surface area contributed by atoms with Crippen LogP contribution in [0.25, 0.3) is 0 Å². The van der Waals surface area contributed by atoms with Gasteiger partial charge in [0.05, 0.1) is 0 Å². The number of imide groups is 1. The van der Waals surface area contributed by atoms with Gasteiger partial charge in [-0.25, -0.2) is 9.18 Å². The molecule has 0 aromatic heterocycles. The molecule has 0 aliphatic carbocycles. The molecule has 3 N–H and O–H groups in total. The molecule has 0 fully saturated rings. The van der Waals surface area contributed by atoms with Crippen molar-refractivity contribution in [1.82, 2.24) is 5.32 Å². The van der Waals surface area contributed by atoms with Crippen molar-refractivity contribution in [2.45, 2.75) is 32.6 Å². The van der Waals surface area contributed by atoms with Crippen molar-refractivity contribution in [2.24, 2.45) is 0 Å². The number of carboxylic acid groups (broad SMARTS) is 1. The maximum Gasteiger partial charge on any atom is 0.325 e. The van der Waals surface area contributed by atoms with Gasteiger partial charge in [-0.1, -0.05) is 6.07 Å². The predicted molar refractivity (Wildman–Crippen MR) is 74.4 cm³/mol. The van der Waals surface area contributed by atoms with E-state index in [1.807, 2.05) is 0 Å².